The van der Waals surface area contributed by atoms with Gasteiger partial charge in [0.15, 0.2) is 0 Å². The van der Waals surface area contributed by atoms with Crippen LogP contribution >= 0.6 is 0 Å². The Balaban J connectivity index is 2.26. The van der Waals surface area contributed by atoms with Crippen LogP contribution in [0.15, 0.2) is 30.3 Å². The second-order valence-corrected chi connectivity index (χ2v) is 4.24. The average Bonchev–Trinajstić information content (AvgIpc) is 2.34. The second-order valence-electron chi connectivity index (χ2n) is 4.24. The van der Waals surface area contributed by atoms with Gasteiger partial charge in [-0.05, 0) is 44.3 Å². The molecule has 2 heteroatoms. The fraction of sp³-hybridized carbons (Fsp3) is 0.571. The topological polar surface area (TPSA) is 38.0 Å². The molecule has 0 aliphatic carbocycles. The quantitative estimate of drug-likeness (QED) is 0.660. The van der Waals surface area contributed by atoms with Crippen molar-refractivity contribution in [1.82, 2.24) is 5.32 Å². The number of nitrogens with two attached hydrogens (primary N) is 1. The van der Waals surface area contributed by atoms with E-state index in [0.717, 1.165) is 25.9 Å². The van der Waals surface area contributed by atoms with Gasteiger partial charge in [-0.3, -0.25) is 0 Å². The summed E-state index contributed by atoms with van der Waals surface area (Å²) < 4.78 is 0. The number of rotatable bonds is 8. The fourth-order valence-corrected chi connectivity index (χ4v) is 1.83. The van der Waals surface area contributed by atoms with E-state index in [-0.39, 0.29) is 0 Å². The van der Waals surface area contributed by atoms with Crippen molar-refractivity contribution in [3.05, 3.63) is 35.9 Å². The Kier molecular flexibility index (Phi) is 6.86. The Labute approximate surface area is 99.2 Å². The van der Waals surface area contributed by atoms with E-state index in [4.69, 9.17) is 5.73 Å². The molecule has 0 saturated heterocycles. The maximum absolute atomic E-state index is 5.47. The van der Waals surface area contributed by atoms with E-state index in [1.807, 2.05) is 0 Å². The number of unbranched alkanes of at least 4 members (excludes halogenated alkanes) is 1. The molecular weight excluding hydrogens is 196 g/mol. The molecule has 0 amide bonds. The van der Waals surface area contributed by atoms with Crippen molar-refractivity contribution in [2.24, 2.45) is 5.73 Å². The van der Waals surface area contributed by atoms with Crippen LogP contribution in [0, 0.1) is 0 Å². The molecule has 1 aromatic rings. The van der Waals surface area contributed by atoms with Crippen LogP contribution in [0.2, 0.25) is 0 Å². The van der Waals surface area contributed by atoms with E-state index >= 15 is 0 Å². The molecule has 0 aliphatic heterocycles. The van der Waals surface area contributed by atoms with Crippen molar-refractivity contribution in [2.75, 3.05) is 13.1 Å². The molecular formula is C14H24N2. The van der Waals surface area contributed by atoms with E-state index in [9.17, 15) is 0 Å². The highest BCUT2D eigenvalue weighted by atomic mass is 14.9. The first kappa shape index (κ1) is 13.2. The Morgan fingerprint density at radius 2 is 1.94 bits per heavy atom. The summed E-state index contributed by atoms with van der Waals surface area (Å²) in [6.07, 6.45) is 4.61. The summed E-state index contributed by atoms with van der Waals surface area (Å²) in [5.74, 6) is 0. The molecule has 0 aliphatic rings. The smallest absolute Gasteiger partial charge is 0.0105 e. The zero-order valence-electron chi connectivity index (χ0n) is 10.3. The highest BCUT2D eigenvalue weighted by Gasteiger charge is 2.05. The lowest BCUT2D eigenvalue weighted by atomic mass is 10.0. The number of hydrogen-bond acceptors (Lipinski definition) is 2. The SMILES string of the molecule is CCC(Cc1ccccc1)NCCCCN. The summed E-state index contributed by atoms with van der Waals surface area (Å²) in [6.45, 7) is 4.13. The van der Waals surface area contributed by atoms with Gasteiger partial charge in [0.25, 0.3) is 0 Å². The normalized spacial score (nSPS) is 12.6. The molecule has 1 aromatic carbocycles. The van der Waals surface area contributed by atoms with Crippen molar-refractivity contribution in [2.45, 2.75) is 38.6 Å². The van der Waals surface area contributed by atoms with E-state index in [0.29, 0.717) is 6.04 Å². The van der Waals surface area contributed by atoms with Crippen LogP contribution in [-0.4, -0.2) is 19.1 Å². The predicted molar refractivity (Wildman–Crippen MR) is 70.5 cm³/mol. The van der Waals surface area contributed by atoms with Gasteiger partial charge in [-0.25, -0.2) is 0 Å². The largest absolute Gasteiger partial charge is 0.330 e. The molecule has 1 unspecified atom stereocenters. The first-order valence-electron chi connectivity index (χ1n) is 6.34. The Morgan fingerprint density at radius 1 is 1.19 bits per heavy atom. The highest BCUT2D eigenvalue weighted by Crippen LogP contribution is 2.05. The number of nitrogens with one attached hydrogen (secondary N) is 1. The summed E-state index contributed by atoms with van der Waals surface area (Å²) in [7, 11) is 0. The molecule has 0 heterocycles. The average molecular weight is 220 g/mol. The lowest BCUT2D eigenvalue weighted by Gasteiger charge is -2.16. The third-order valence-corrected chi connectivity index (χ3v) is 2.88. The number of benzene rings is 1. The summed E-state index contributed by atoms with van der Waals surface area (Å²) >= 11 is 0. The molecule has 90 valence electrons. The first-order valence-corrected chi connectivity index (χ1v) is 6.34. The fourth-order valence-electron chi connectivity index (χ4n) is 1.83. The van der Waals surface area contributed by atoms with Gasteiger partial charge in [-0.15, -0.1) is 0 Å². The molecule has 0 saturated carbocycles. The van der Waals surface area contributed by atoms with Gasteiger partial charge in [0, 0.05) is 6.04 Å². The molecule has 0 spiro atoms. The minimum atomic E-state index is 0.597. The highest BCUT2D eigenvalue weighted by molar-refractivity contribution is 5.15. The molecule has 0 bridgehead atoms. The maximum atomic E-state index is 5.47. The van der Waals surface area contributed by atoms with Crippen molar-refractivity contribution in [3.63, 3.8) is 0 Å². The molecule has 2 nitrogen and oxygen atoms in total. The van der Waals surface area contributed by atoms with E-state index in [2.05, 4.69) is 42.6 Å². The standard InChI is InChI=1S/C14H24N2/c1-2-14(16-11-7-6-10-15)12-13-8-4-3-5-9-13/h3-5,8-9,14,16H,2,6-7,10-12,15H2,1H3. The Bertz CT molecular complexity index is 259. The summed E-state index contributed by atoms with van der Waals surface area (Å²) in [5.41, 5.74) is 6.89. The van der Waals surface area contributed by atoms with Crippen LogP contribution in [0.5, 0.6) is 0 Å². The molecule has 3 N–H and O–H groups in total. The molecule has 0 fully saturated rings. The first-order chi connectivity index (χ1) is 7.86. The molecule has 0 radical (unpaired) electrons. The maximum Gasteiger partial charge on any atom is 0.0105 e. The van der Waals surface area contributed by atoms with Crippen LogP contribution < -0.4 is 11.1 Å². The monoisotopic (exact) mass is 220 g/mol. The van der Waals surface area contributed by atoms with Gasteiger partial charge in [-0.2, -0.15) is 0 Å². The lowest BCUT2D eigenvalue weighted by Crippen LogP contribution is -2.31. The van der Waals surface area contributed by atoms with Crippen molar-refractivity contribution < 1.29 is 0 Å². The molecule has 16 heavy (non-hydrogen) atoms. The summed E-state index contributed by atoms with van der Waals surface area (Å²) in [5, 5.41) is 3.60. The molecule has 1 rings (SSSR count). The van der Waals surface area contributed by atoms with Crippen LogP contribution in [-0.2, 0) is 6.42 Å². The van der Waals surface area contributed by atoms with Crippen LogP contribution in [0.3, 0.4) is 0 Å². The van der Waals surface area contributed by atoms with Crippen LogP contribution in [0.25, 0.3) is 0 Å². The molecule has 0 aromatic heterocycles. The summed E-state index contributed by atoms with van der Waals surface area (Å²) in [4.78, 5) is 0. The minimum Gasteiger partial charge on any atom is -0.330 e. The van der Waals surface area contributed by atoms with Gasteiger partial charge in [0.2, 0.25) is 0 Å². The number of hydrogen-bond donors (Lipinski definition) is 2. The van der Waals surface area contributed by atoms with Crippen molar-refractivity contribution in [1.29, 1.82) is 0 Å². The van der Waals surface area contributed by atoms with Gasteiger partial charge in [0.05, 0.1) is 0 Å². The third kappa shape index (κ3) is 5.29. The van der Waals surface area contributed by atoms with Crippen molar-refractivity contribution >= 4 is 0 Å². The minimum absolute atomic E-state index is 0.597. The van der Waals surface area contributed by atoms with Crippen LogP contribution in [0.4, 0.5) is 0 Å². The van der Waals surface area contributed by atoms with Crippen LogP contribution in [0.1, 0.15) is 31.7 Å². The van der Waals surface area contributed by atoms with E-state index in [1.165, 1.54) is 18.4 Å². The van der Waals surface area contributed by atoms with Crippen molar-refractivity contribution in [3.8, 4) is 0 Å². The zero-order chi connectivity index (χ0) is 11.6. The van der Waals surface area contributed by atoms with E-state index in [1.54, 1.807) is 0 Å². The van der Waals surface area contributed by atoms with E-state index < -0.39 is 0 Å². The van der Waals surface area contributed by atoms with Gasteiger partial charge in [-0.1, -0.05) is 37.3 Å². The lowest BCUT2D eigenvalue weighted by molar-refractivity contribution is 0.484. The molecule has 1 atom stereocenters. The van der Waals surface area contributed by atoms with Gasteiger partial charge >= 0.3 is 0 Å². The second kappa shape index (κ2) is 8.31. The third-order valence-electron chi connectivity index (χ3n) is 2.88. The Hall–Kier alpha value is -0.860. The Morgan fingerprint density at radius 3 is 2.56 bits per heavy atom. The van der Waals surface area contributed by atoms with Gasteiger partial charge < -0.3 is 11.1 Å². The van der Waals surface area contributed by atoms with Gasteiger partial charge in [0.1, 0.15) is 0 Å². The zero-order valence-corrected chi connectivity index (χ0v) is 10.3. The summed E-state index contributed by atoms with van der Waals surface area (Å²) in [6, 6.07) is 11.3. The predicted octanol–water partition coefficient (Wildman–Crippen LogP) is 2.34.